The third-order valence-corrected chi connectivity index (χ3v) is 14.0. The lowest BCUT2D eigenvalue weighted by Crippen LogP contribution is -2.56. The highest BCUT2D eigenvalue weighted by Gasteiger charge is 2.48. The molecule has 4 rings (SSSR count). The first-order chi connectivity index (χ1) is 20.8. The number of rotatable bonds is 10. The summed E-state index contributed by atoms with van der Waals surface area (Å²) in [6.45, 7) is 14.2. The molecule has 4 heterocycles. The van der Waals surface area contributed by atoms with Gasteiger partial charge in [0.2, 0.25) is 17.9 Å². The monoisotopic (exact) mass is 625 g/mol. The Bertz CT molecular complexity index is 1390. The predicted molar refractivity (Wildman–Crippen MR) is 172 cm³/mol. The summed E-state index contributed by atoms with van der Waals surface area (Å²) in [5.74, 6) is 1.58. The Morgan fingerprint density at radius 1 is 1.25 bits per heavy atom. The summed E-state index contributed by atoms with van der Waals surface area (Å²) in [5.41, 5.74) is 8.80. The van der Waals surface area contributed by atoms with E-state index in [2.05, 4.69) is 56.9 Å². The first-order valence-electron chi connectivity index (χ1n) is 15.4. The van der Waals surface area contributed by atoms with Gasteiger partial charge in [0.15, 0.2) is 8.32 Å². The molecule has 2 N–H and O–H groups in total. The fraction of sp³-hybridized carbons (Fsp3) is 0.625. The summed E-state index contributed by atoms with van der Waals surface area (Å²) in [5, 5.41) is 9.88. The van der Waals surface area contributed by atoms with E-state index in [4.69, 9.17) is 29.4 Å². The highest BCUT2D eigenvalue weighted by atomic mass is 28.4. The lowest BCUT2D eigenvalue weighted by atomic mass is 9.99. The van der Waals surface area contributed by atoms with Crippen LogP contribution in [0, 0.1) is 17.2 Å². The third-order valence-electron chi connectivity index (χ3n) is 9.47. The van der Waals surface area contributed by atoms with E-state index in [-0.39, 0.29) is 5.04 Å². The van der Waals surface area contributed by atoms with E-state index in [1.54, 1.807) is 20.3 Å². The van der Waals surface area contributed by atoms with Gasteiger partial charge in [0, 0.05) is 44.2 Å². The normalized spacial score (nSPS) is 21.1. The van der Waals surface area contributed by atoms with Crippen LogP contribution >= 0.6 is 0 Å². The number of likely N-dealkylation sites (tertiary alicyclic amines) is 1. The maximum absolute atomic E-state index is 13.5. The minimum absolute atomic E-state index is 0.0304. The van der Waals surface area contributed by atoms with Crippen molar-refractivity contribution in [3.05, 3.63) is 40.7 Å². The molecule has 1 fully saturated rings. The number of piperidine rings is 1. The second-order valence-electron chi connectivity index (χ2n) is 13.6. The molecular weight excluding hydrogens is 576 g/mol. The Morgan fingerprint density at radius 2 is 1.98 bits per heavy atom. The number of methoxy groups -OCH3 is 2. The van der Waals surface area contributed by atoms with Gasteiger partial charge in [-0.05, 0) is 57.1 Å². The predicted octanol–water partition coefficient (Wildman–Crippen LogP) is 5.55. The Balaban J connectivity index is 1.79. The van der Waals surface area contributed by atoms with Crippen LogP contribution in [0.15, 0.2) is 18.3 Å². The molecule has 2 aromatic rings. The summed E-state index contributed by atoms with van der Waals surface area (Å²) in [7, 11) is 3.14. The summed E-state index contributed by atoms with van der Waals surface area (Å²) < 4.78 is 23.8. The van der Waals surface area contributed by atoms with Crippen molar-refractivity contribution >= 4 is 26.0 Å². The molecular formula is C32H49N6O5Si+. The molecule has 1 saturated heterocycles. The number of ether oxygens (including phenoxy) is 3. The van der Waals surface area contributed by atoms with Gasteiger partial charge < -0.3 is 29.3 Å². The zero-order valence-corrected chi connectivity index (χ0v) is 28.6. The molecule has 44 heavy (non-hydrogen) atoms. The number of aryl methyl sites for hydroxylation is 1. The van der Waals surface area contributed by atoms with Crippen LogP contribution in [0.5, 0.6) is 5.75 Å². The molecule has 0 aliphatic carbocycles. The van der Waals surface area contributed by atoms with Crippen LogP contribution in [0.25, 0.3) is 0 Å². The fourth-order valence-corrected chi connectivity index (χ4v) is 6.80. The van der Waals surface area contributed by atoms with Gasteiger partial charge in [-0.25, -0.2) is 9.78 Å². The number of carbonyl (C=O) groups is 1. The Morgan fingerprint density at radius 3 is 2.59 bits per heavy atom. The van der Waals surface area contributed by atoms with Crippen molar-refractivity contribution in [1.82, 2.24) is 19.4 Å². The fourth-order valence-electron chi connectivity index (χ4n) is 5.85. The molecule has 2 aliphatic rings. The average molecular weight is 626 g/mol. The first-order valence-corrected chi connectivity index (χ1v) is 18.3. The molecule has 2 amide bonds. The maximum Gasteiger partial charge on any atom is 0.426 e. The molecule has 0 bridgehead atoms. The number of nitrogens with two attached hydrogens (primary N) is 1. The van der Waals surface area contributed by atoms with Crippen LogP contribution in [0.2, 0.25) is 18.1 Å². The van der Waals surface area contributed by atoms with E-state index >= 15 is 0 Å². The number of amides is 2. The second kappa shape index (κ2) is 13.6. The van der Waals surface area contributed by atoms with Gasteiger partial charge in [0.1, 0.15) is 29.6 Å². The molecule has 2 atom stereocenters. The molecule has 0 aromatic carbocycles. The van der Waals surface area contributed by atoms with Gasteiger partial charge in [-0.1, -0.05) is 20.8 Å². The molecule has 0 spiro atoms. The number of hydrogen-bond donors (Lipinski definition) is 1. The Labute approximate surface area is 263 Å². The molecule has 0 radical (unpaired) electrons. The molecule has 0 saturated carbocycles. The van der Waals surface area contributed by atoms with E-state index in [0.717, 1.165) is 37.1 Å². The Kier molecular flexibility index (Phi) is 10.5. The van der Waals surface area contributed by atoms with Crippen LogP contribution < -0.4 is 15.0 Å². The largest absolute Gasteiger partial charge is 0.491 e. The number of fused-ring (bicyclic) bond motifs is 1. The standard InChI is InChI=1S/C32H48N6O5Si/c1-32(2,3)44(7,8)43-21-24-15-23-12-10-14-38(31(34)39,29(23)36-28(24)30(40-5)41-6)27-16-26(25(17-33)18-35-27)42-20-22-11-9-13-37(4)19-22/h15-16,18,22,30H,9-14,19-21H2,1-8H3,(H-,34,39)/p+1. The van der Waals surface area contributed by atoms with Crippen molar-refractivity contribution in [3.63, 3.8) is 0 Å². The number of aromatic nitrogens is 2. The summed E-state index contributed by atoms with van der Waals surface area (Å²) in [6, 6.07) is 5.31. The Hall–Kier alpha value is -2.92. The molecule has 12 heteroatoms. The summed E-state index contributed by atoms with van der Waals surface area (Å²) >= 11 is 0. The maximum atomic E-state index is 13.5. The van der Waals surface area contributed by atoms with Crippen molar-refractivity contribution in [1.29, 1.82) is 5.26 Å². The van der Waals surface area contributed by atoms with Gasteiger partial charge in [0.05, 0.1) is 25.5 Å². The van der Waals surface area contributed by atoms with Gasteiger partial charge in [-0.3, -0.25) is 0 Å². The number of urea groups is 1. The minimum atomic E-state index is -2.08. The van der Waals surface area contributed by atoms with Gasteiger partial charge in [0.25, 0.3) is 0 Å². The zero-order valence-electron chi connectivity index (χ0n) is 27.6. The van der Waals surface area contributed by atoms with Crippen LogP contribution in [-0.4, -0.2) is 76.7 Å². The summed E-state index contributed by atoms with van der Waals surface area (Å²) in [4.78, 5) is 25.5. The smallest absolute Gasteiger partial charge is 0.426 e. The van der Waals surface area contributed by atoms with Gasteiger partial charge in [-0.2, -0.15) is 10.2 Å². The van der Waals surface area contributed by atoms with E-state index in [1.807, 2.05) is 6.07 Å². The van der Waals surface area contributed by atoms with Crippen LogP contribution in [0.4, 0.5) is 16.4 Å². The van der Waals surface area contributed by atoms with Crippen LogP contribution in [0.3, 0.4) is 0 Å². The highest BCUT2D eigenvalue weighted by molar-refractivity contribution is 6.74. The number of carbonyl (C=O) groups excluding carboxylic acids is 1. The van der Waals surface area contributed by atoms with Crippen molar-refractivity contribution < 1.29 is 23.4 Å². The first kappa shape index (κ1) is 34.0. The van der Waals surface area contributed by atoms with E-state index < -0.39 is 25.1 Å². The average Bonchev–Trinajstić information content (AvgIpc) is 2.98. The number of nitriles is 1. The minimum Gasteiger partial charge on any atom is -0.491 e. The second-order valence-corrected chi connectivity index (χ2v) is 18.4. The molecule has 2 aliphatic heterocycles. The SMILES string of the molecule is COC(OC)c1nc2c(cc1CO[Si](C)(C)C(C)(C)C)CCC[N+]2(C(N)=O)c1cc(OCC2CCCN(C)C2)c(C#N)cn1. The third kappa shape index (κ3) is 6.83. The number of hydrogen-bond acceptors (Lipinski definition) is 9. The van der Waals surface area contributed by atoms with Crippen molar-refractivity contribution in [2.45, 2.75) is 77.5 Å². The van der Waals surface area contributed by atoms with Crippen molar-refractivity contribution in [2.75, 3.05) is 47.5 Å². The van der Waals surface area contributed by atoms with Crippen LogP contribution in [-0.2, 0) is 26.9 Å². The zero-order chi connectivity index (χ0) is 32.3. The van der Waals surface area contributed by atoms with E-state index in [1.165, 1.54) is 6.20 Å². The van der Waals surface area contributed by atoms with Crippen molar-refractivity contribution in [3.8, 4) is 11.8 Å². The summed E-state index contributed by atoms with van der Waals surface area (Å²) in [6.07, 6.45) is 4.25. The lowest BCUT2D eigenvalue weighted by molar-refractivity contribution is -0.109. The van der Waals surface area contributed by atoms with Gasteiger partial charge in [-0.15, -0.1) is 4.48 Å². The van der Waals surface area contributed by atoms with E-state index in [0.29, 0.717) is 67.2 Å². The van der Waals surface area contributed by atoms with Crippen molar-refractivity contribution in [2.24, 2.45) is 11.7 Å². The quantitative estimate of drug-likeness (QED) is 0.205. The number of quaternary nitrogens is 1. The molecule has 2 unspecified atom stereocenters. The molecule has 2 aromatic heterocycles. The van der Waals surface area contributed by atoms with E-state index in [9.17, 15) is 10.1 Å². The van der Waals surface area contributed by atoms with Crippen LogP contribution in [0.1, 0.15) is 68.7 Å². The number of pyridine rings is 2. The lowest BCUT2D eigenvalue weighted by Gasteiger charge is -2.37. The highest BCUT2D eigenvalue weighted by Crippen LogP contribution is 2.43. The number of nitrogens with zero attached hydrogens (tertiary/aromatic N) is 5. The number of primary amides is 1. The molecule has 240 valence electrons. The topological polar surface area (TPSA) is 133 Å². The molecule has 11 nitrogen and oxygen atoms in total. The van der Waals surface area contributed by atoms with Gasteiger partial charge >= 0.3 is 6.03 Å².